The first-order valence-electron chi connectivity index (χ1n) is 8.99. The molecular weight excluding hydrogens is 392 g/mol. The van der Waals surface area contributed by atoms with Gasteiger partial charge in [-0.05, 0) is 42.5 Å². The van der Waals surface area contributed by atoms with Crippen molar-refractivity contribution in [2.45, 2.75) is 0 Å². The van der Waals surface area contributed by atoms with Crippen molar-refractivity contribution in [3.8, 4) is 6.19 Å². The molecule has 2 aromatic carbocycles. The van der Waals surface area contributed by atoms with Crippen LogP contribution in [0.4, 0.5) is 17.1 Å². The molecule has 0 aliphatic carbocycles. The topological polar surface area (TPSA) is 107 Å². The van der Waals surface area contributed by atoms with Crippen LogP contribution in [0.15, 0.2) is 47.5 Å². The summed E-state index contributed by atoms with van der Waals surface area (Å²) >= 11 is 6.28. The zero-order valence-corrected chi connectivity index (χ0v) is 16.7. The van der Waals surface area contributed by atoms with Gasteiger partial charge in [0.2, 0.25) is 12.2 Å². The van der Waals surface area contributed by atoms with Crippen LogP contribution in [0.25, 0.3) is 0 Å². The Kier molecular flexibility index (Phi) is 6.42. The number of ether oxygens (including phenoxy) is 1. The second kappa shape index (κ2) is 9.17. The molecule has 0 amide bonds. The number of hydrogen-bond acceptors (Lipinski definition) is 6. The predicted molar refractivity (Wildman–Crippen MR) is 114 cm³/mol. The number of methoxy groups -OCH3 is 1. The third kappa shape index (κ3) is 4.89. The molecule has 1 heterocycles. The molecule has 1 aliphatic rings. The van der Waals surface area contributed by atoms with Crippen molar-refractivity contribution in [1.29, 1.82) is 5.26 Å². The Balaban J connectivity index is 1.68. The number of hydrogen-bond donors (Lipinski definition) is 2. The van der Waals surface area contributed by atoms with E-state index in [0.717, 1.165) is 24.5 Å². The van der Waals surface area contributed by atoms with Gasteiger partial charge < -0.3 is 25.6 Å². The Morgan fingerprint density at radius 2 is 1.90 bits per heavy atom. The lowest BCUT2D eigenvalue weighted by Gasteiger charge is -2.37. The highest BCUT2D eigenvalue weighted by Gasteiger charge is 2.21. The van der Waals surface area contributed by atoms with Crippen LogP contribution in [-0.4, -0.2) is 50.1 Å². The maximum absolute atomic E-state index is 11.6. The quantitative estimate of drug-likeness (QED) is 0.262. The Morgan fingerprint density at radius 1 is 1.21 bits per heavy atom. The van der Waals surface area contributed by atoms with E-state index in [4.69, 9.17) is 27.3 Å². The van der Waals surface area contributed by atoms with Crippen LogP contribution >= 0.6 is 11.6 Å². The van der Waals surface area contributed by atoms with E-state index in [1.54, 1.807) is 12.1 Å². The molecule has 2 aromatic rings. The van der Waals surface area contributed by atoms with Gasteiger partial charge in [-0.2, -0.15) is 5.26 Å². The number of nitrogens with zero attached hydrogens (tertiary/aromatic N) is 4. The summed E-state index contributed by atoms with van der Waals surface area (Å²) in [6.45, 7) is 2.89. The first kappa shape index (κ1) is 20.3. The van der Waals surface area contributed by atoms with E-state index in [1.807, 2.05) is 35.4 Å². The highest BCUT2D eigenvalue weighted by Crippen LogP contribution is 2.24. The number of nitrogen functional groups attached to an aromatic ring is 1. The number of nitriles is 1. The summed E-state index contributed by atoms with van der Waals surface area (Å²) in [5, 5.41) is 12.5. The molecule has 0 atom stereocenters. The van der Waals surface area contributed by atoms with Crippen molar-refractivity contribution in [3.05, 3.63) is 53.1 Å². The lowest BCUT2D eigenvalue weighted by Crippen LogP contribution is -2.50. The fraction of sp³-hybridized carbons (Fsp3) is 0.250. The first-order chi connectivity index (χ1) is 14.0. The van der Waals surface area contributed by atoms with Crippen molar-refractivity contribution < 1.29 is 9.53 Å². The number of nitrogens with two attached hydrogens (primary N) is 1. The minimum atomic E-state index is -0.469. The molecule has 9 heteroatoms. The smallest absolute Gasteiger partial charge is 0.337 e. The van der Waals surface area contributed by atoms with Gasteiger partial charge in [-0.3, -0.25) is 0 Å². The van der Waals surface area contributed by atoms with Crippen LogP contribution in [0.3, 0.4) is 0 Å². The molecule has 0 aromatic heterocycles. The van der Waals surface area contributed by atoms with Crippen LogP contribution in [-0.2, 0) is 4.74 Å². The summed E-state index contributed by atoms with van der Waals surface area (Å²) in [7, 11) is 1.31. The number of carbonyl (C=O) groups excluding carboxylic acids is 1. The van der Waals surface area contributed by atoms with E-state index >= 15 is 0 Å². The van der Waals surface area contributed by atoms with E-state index in [1.165, 1.54) is 13.2 Å². The summed E-state index contributed by atoms with van der Waals surface area (Å²) in [4.78, 5) is 19.8. The minimum Gasteiger partial charge on any atom is -0.465 e. The van der Waals surface area contributed by atoms with Gasteiger partial charge in [0.05, 0.1) is 23.4 Å². The highest BCUT2D eigenvalue weighted by molar-refractivity contribution is 6.34. The van der Waals surface area contributed by atoms with E-state index in [9.17, 15) is 4.79 Å². The molecule has 0 unspecified atom stereocenters. The summed E-state index contributed by atoms with van der Waals surface area (Å²) in [5.41, 5.74) is 8.48. The van der Waals surface area contributed by atoms with Gasteiger partial charge in [0.25, 0.3) is 0 Å². The van der Waals surface area contributed by atoms with Gasteiger partial charge in [-0.15, -0.1) is 4.99 Å². The predicted octanol–water partition coefficient (Wildman–Crippen LogP) is 2.78. The molecular formula is C20H21ClN6O2. The number of benzene rings is 2. The fourth-order valence-electron chi connectivity index (χ4n) is 3.07. The lowest BCUT2D eigenvalue weighted by atomic mass is 10.2. The van der Waals surface area contributed by atoms with Gasteiger partial charge in [-0.25, -0.2) is 4.79 Å². The fourth-order valence-corrected chi connectivity index (χ4v) is 3.30. The summed E-state index contributed by atoms with van der Waals surface area (Å²) in [5.74, 6) is -0.0553. The maximum Gasteiger partial charge on any atom is 0.337 e. The Labute approximate surface area is 174 Å². The van der Waals surface area contributed by atoms with E-state index in [-0.39, 0.29) is 0 Å². The third-order valence-corrected chi connectivity index (χ3v) is 4.94. The number of rotatable bonds is 3. The maximum atomic E-state index is 11.6. The molecule has 0 bridgehead atoms. The van der Waals surface area contributed by atoms with Crippen molar-refractivity contribution in [1.82, 2.24) is 4.90 Å². The molecule has 3 rings (SSSR count). The Hall–Kier alpha value is -3.44. The largest absolute Gasteiger partial charge is 0.465 e. The van der Waals surface area contributed by atoms with Gasteiger partial charge in [-0.1, -0.05) is 11.6 Å². The average molecular weight is 413 g/mol. The van der Waals surface area contributed by atoms with Crippen LogP contribution < -0.4 is 16.0 Å². The molecule has 3 N–H and O–H groups in total. The molecule has 29 heavy (non-hydrogen) atoms. The van der Waals surface area contributed by atoms with Crippen LogP contribution in [0, 0.1) is 11.5 Å². The van der Waals surface area contributed by atoms with E-state index in [2.05, 4.69) is 15.2 Å². The monoisotopic (exact) mass is 412 g/mol. The van der Waals surface area contributed by atoms with Crippen LogP contribution in [0.2, 0.25) is 5.02 Å². The van der Waals surface area contributed by atoms with Crippen molar-refractivity contribution >= 4 is 40.6 Å². The van der Waals surface area contributed by atoms with Gasteiger partial charge in [0.1, 0.15) is 0 Å². The second-order valence-electron chi connectivity index (χ2n) is 6.41. The van der Waals surface area contributed by atoms with Crippen molar-refractivity contribution in [2.75, 3.05) is 49.2 Å². The molecule has 0 spiro atoms. The molecule has 0 radical (unpaired) electrons. The number of esters is 1. The number of aliphatic imine (C=N–C) groups is 1. The van der Waals surface area contributed by atoms with E-state index in [0.29, 0.717) is 35.3 Å². The molecule has 1 saturated heterocycles. The van der Waals surface area contributed by atoms with Gasteiger partial charge >= 0.3 is 5.97 Å². The molecule has 8 nitrogen and oxygen atoms in total. The number of carbonyl (C=O) groups is 1. The zero-order chi connectivity index (χ0) is 20.8. The SMILES string of the molecule is COC(=O)c1ccc(N/C(=N/C#N)N2CCN(c3ccc(N)cc3)CC2)c(Cl)c1. The van der Waals surface area contributed by atoms with E-state index < -0.39 is 5.97 Å². The summed E-state index contributed by atoms with van der Waals surface area (Å²) < 4.78 is 4.69. The number of guanidine groups is 1. The normalized spacial score (nSPS) is 14.3. The Bertz CT molecular complexity index is 946. The minimum absolute atomic E-state index is 0.332. The molecule has 150 valence electrons. The molecule has 1 fully saturated rings. The van der Waals surface area contributed by atoms with Crippen molar-refractivity contribution in [2.24, 2.45) is 4.99 Å². The van der Waals surface area contributed by atoms with Crippen LogP contribution in [0.1, 0.15) is 10.4 Å². The van der Waals surface area contributed by atoms with Gasteiger partial charge in [0, 0.05) is 37.6 Å². The molecule has 1 aliphatic heterocycles. The van der Waals surface area contributed by atoms with Crippen molar-refractivity contribution in [3.63, 3.8) is 0 Å². The standard InChI is InChI=1S/C20H21ClN6O2/c1-29-19(28)14-2-7-18(17(21)12-14)25-20(24-13-22)27-10-8-26(9-11-27)16-5-3-15(23)4-6-16/h2-7,12H,8-11,23H2,1H3,(H,24,25). The first-order valence-corrected chi connectivity index (χ1v) is 9.36. The lowest BCUT2D eigenvalue weighted by molar-refractivity contribution is 0.0601. The summed E-state index contributed by atoms with van der Waals surface area (Å²) in [6, 6.07) is 12.5. The number of halogens is 1. The van der Waals surface area contributed by atoms with Gasteiger partial charge in [0.15, 0.2) is 0 Å². The average Bonchev–Trinajstić information content (AvgIpc) is 2.75. The number of nitrogens with one attached hydrogen (secondary N) is 1. The third-order valence-electron chi connectivity index (χ3n) is 4.63. The Morgan fingerprint density at radius 3 is 2.48 bits per heavy atom. The number of piperazine rings is 1. The molecule has 0 saturated carbocycles. The highest BCUT2D eigenvalue weighted by atomic mass is 35.5. The zero-order valence-electron chi connectivity index (χ0n) is 15.9. The second-order valence-corrected chi connectivity index (χ2v) is 6.82. The number of anilines is 3. The summed E-state index contributed by atoms with van der Waals surface area (Å²) in [6.07, 6.45) is 1.83. The van der Waals surface area contributed by atoms with Crippen LogP contribution in [0.5, 0.6) is 0 Å².